The van der Waals surface area contributed by atoms with Gasteiger partial charge in [0, 0.05) is 5.92 Å². The predicted octanol–water partition coefficient (Wildman–Crippen LogP) is 3.65. The lowest BCUT2D eigenvalue weighted by Crippen LogP contribution is -2.19. The van der Waals surface area contributed by atoms with Crippen molar-refractivity contribution < 1.29 is 5.11 Å². The van der Waals surface area contributed by atoms with Gasteiger partial charge in [-0.2, -0.15) is 0 Å². The van der Waals surface area contributed by atoms with E-state index in [-0.39, 0.29) is 0 Å². The van der Waals surface area contributed by atoms with Crippen LogP contribution < -0.4 is 0 Å². The highest BCUT2D eigenvalue weighted by molar-refractivity contribution is 5.26. The molecule has 1 nitrogen and oxygen atoms in total. The number of hydrogen-bond donors (Lipinski definition) is 1. The lowest BCUT2D eigenvalue weighted by atomic mass is 9.77. The molecule has 1 unspecified atom stereocenters. The molecule has 1 fully saturated rings. The maximum Gasteiger partial charge on any atom is 0.0502 e. The van der Waals surface area contributed by atoms with Gasteiger partial charge in [-0.25, -0.2) is 0 Å². The molecular formula is C15H22O. The highest BCUT2D eigenvalue weighted by Gasteiger charge is 2.24. The van der Waals surface area contributed by atoms with E-state index in [1.54, 1.807) is 0 Å². The van der Waals surface area contributed by atoms with Crippen molar-refractivity contribution in [3.05, 3.63) is 35.4 Å². The van der Waals surface area contributed by atoms with E-state index >= 15 is 0 Å². The van der Waals surface area contributed by atoms with E-state index in [1.807, 2.05) is 0 Å². The summed E-state index contributed by atoms with van der Waals surface area (Å²) in [6, 6.07) is 8.63. The van der Waals surface area contributed by atoms with Crippen molar-refractivity contribution in [1.82, 2.24) is 0 Å². The van der Waals surface area contributed by atoms with Crippen LogP contribution in [-0.2, 0) is 0 Å². The second-order valence-electron chi connectivity index (χ2n) is 5.10. The zero-order valence-corrected chi connectivity index (χ0v) is 10.2. The second-order valence-corrected chi connectivity index (χ2v) is 5.10. The van der Waals surface area contributed by atoms with E-state index in [2.05, 4.69) is 31.2 Å². The fourth-order valence-electron chi connectivity index (χ4n) is 2.96. The van der Waals surface area contributed by atoms with Gasteiger partial charge in [-0.1, -0.05) is 49.1 Å². The molecule has 0 saturated heterocycles. The number of aliphatic hydroxyl groups excluding tert-OH is 1. The fraction of sp³-hybridized carbons (Fsp3) is 0.600. The molecule has 2 rings (SSSR count). The Kier molecular flexibility index (Phi) is 4.00. The molecule has 1 aromatic carbocycles. The van der Waals surface area contributed by atoms with Gasteiger partial charge in [-0.05, 0) is 31.2 Å². The molecule has 1 atom stereocenters. The molecule has 0 aliphatic heterocycles. The molecule has 0 bridgehead atoms. The average Bonchev–Trinajstić information content (AvgIpc) is 2.31. The SMILES string of the molecule is Cc1cccc(C(CO)C2CCCCC2)c1. The minimum Gasteiger partial charge on any atom is -0.396 e. The molecule has 0 radical (unpaired) electrons. The highest BCUT2D eigenvalue weighted by atomic mass is 16.3. The Labute approximate surface area is 98.5 Å². The van der Waals surface area contributed by atoms with Crippen molar-refractivity contribution in [1.29, 1.82) is 0 Å². The van der Waals surface area contributed by atoms with Gasteiger partial charge in [-0.3, -0.25) is 0 Å². The van der Waals surface area contributed by atoms with E-state index < -0.39 is 0 Å². The van der Waals surface area contributed by atoms with E-state index in [1.165, 1.54) is 43.2 Å². The van der Waals surface area contributed by atoms with E-state index in [4.69, 9.17) is 0 Å². The number of hydrogen-bond acceptors (Lipinski definition) is 1. The van der Waals surface area contributed by atoms with E-state index in [9.17, 15) is 5.11 Å². The topological polar surface area (TPSA) is 20.2 Å². The smallest absolute Gasteiger partial charge is 0.0502 e. The third-order valence-electron chi connectivity index (χ3n) is 3.89. The molecule has 1 aromatic rings. The normalized spacial score (nSPS) is 19.6. The maximum atomic E-state index is 9.62. The number of benzene rings is 1. The first-order valence-electron chi connectivity index (χ1n) is 6.48. The molecule has 0 amide bonds. The summed E-state index contributed by atoms with van der Waals surface area (Å²) in [6.45, 7) is 2.42. The lowest BCUT2D eigenvalue weighted by Gasteiger charge is -2.29. The van der Waals surface area contributed by atoms with Crippen LogP contribution in [0, 0.1) is 12.8 Å². The second kappa shape index (κ2) is 5.49. The zero-order chi connectivity index (χ0) is 11.4. The van der Waals surface area contributed by atoms with Gasteiger partial charge in [0.05, 0.1) is 6.61 Å². The van der Waals surface area contributed by atoms with Crippen molar-refractivity contribution >= 4 is 0 Å². The van der Waals surface area contributed by atoms with Crippen LogP contribution in [0.2, 0.25) is 0 Å². The van der Waals surface area contributed by atoms with Crippen molar-refractivity contribution in [2.45, 2.75) is 44.9 Å². The van der Waals surface area contributed by atoms with Gasteiger partial charge in [0.15, 0.2) is 0 Å². The minimum atomic E-state index is 0.300. The lowest BCUT2D eigenvalue weighted by molar-refractivity contribution is 0.196. The standard InChI is InChI=1S/C15H22O/c1-12-6-5-9-14(10-12)15(11-16)13-7-3-2-4-8-13/h5-6,9-10,13,15-16H,2-4,7-8,11H2,1H3. The first-order chi connectivity index (χ1) is 7.81. The van der Waals surface area contributed by atoms with Crippen LogP contribution in [0.1, 0.15) is 49.1 Å². The number of aliphatic hydroxyl groups is 1. The van der Waals surface area contributed by atoms with Crippen LogP contribution in [0.25, 0.3) is 0 Å². The molecule has 0 heterocycles. The Morgan fingerprint density at radius 1 is 1.25 bits per heavy atom. The molecule has 0 aromatic heterocycles. The van der Waals surface area contributed by atoms with Gasteiger partial charge in [0.25, 0.3) is 0 Å². The molecular weight excluding hydrogens is 196 g/mol. The largest absolute Gasteiger partial charge is 0.396 e. The Bertz CT molecular complexity index is 326. The first kappa shape index (κ1) is 11.7. The third kappa shape index (κ3) is 2.65. The molecule has 1 heteroatoms. The summed E-state index contributed by atoms with van der Waals surface area (Å²) in [5, 5.41) is 9.62. The van der Waals surface area contributed by atoms with Crippen LogP contribution in [0.3, 0.4) is 0 Å². The monoisotopic (exact) mass is 218 g/mol. The van der Waals surface area contributed by atoms with Crippen LogP contribution >= 0.6 is 0 Å². The molecule has 1 aliphatic carbocycles. The van der Waals surface area contributed by atoms with Gasteiger partial charge in [-0.15, -0.1) is 0 Å². The summed E-state index contributed by atoms with van der Waals surface area (Å²) in [5.74, 6) is 1.06. The molecule has 1 aliphatic rings. The Balaban J connectivity index is 2.14. The van der Waals surface area contributed by atoms with Crippen molar-refractivity contribution in [3.8, 4) is 0 Å². The van der Waals surface area contributed by atoms with Crippen LogP contribution in [0.4, 0.5) is 0 Å². The number of aryl methyl sites for hydroxylation is 1. The van der Waals surface area contributed by atoms with Crippen molar-refractivity contribution in [2.75, 3.05) is 6.61 Å². The molecule has 16 heavy (non-hydrogen) atoms. The van der Waals surface area contributed by atoms with E-state index in [0.29, 0.717) is 18.4 Å². The van der Waals surface area contributed by atoms with Gasteiger partial charge in [0.1, 0.15) is 0 Å². The predicted molar refractivity (Wildman–Crippen MR) is 67.6 cm³/mol. The summed E-state index contributed by atoms with van der Waals surface area (Å²) in [5.41, 5.74) is 2.63. The van der Waals surface area contributed by atoms with Gasteiger partial charge in [0.2, 0.25) is 0 Å². The van der Waals surface area contributed by atoms with Gasteiger partial charge < -0.3 is 5.11 Å². The third-order valence-corrected chi connectivity index (χ3v) is 3.89. The summed E-state index contributed by atoms with van der Waals surface area (Å²) in [4.78, 5) is 0. The van der Waals surface area contributed by atoms with E-state index in [0.717, 1.165) is 0 Å². The first-order valence-corrected chi connectivity index (χ1v) is 6.48. The molecule has 88 valence electrons. The summed E-state index contributed by atoms with van der Waals surface area (Å²) in [7, 11) is 0. The zero-order valence-electron chi connectivity index (χ0n) is 10.2. The Morgan fingerprint density at radius 3 is 2.62 bits per heavy atom. The fourth-order valence-corrected chi connectivity index (χ4v) is 2.96. The van der Waals surface area contributed by atoms with Crippen LogP contribution in [0.15, 0.2) is 24.3 Å². The number of rotatable bonds is 3. The summed E-state index contributed by atoms with van der Waals surface area (Å²) >= 11 is 0. The Hall–Kier alpha value is -0.820. The average molecular weight is 218 g/mol. The van der Waals surface area contributed by atoms with Crippen molar-refractivity contribution in [3.63, 3.8) is 0 Å². The highest BCUT2D eigenvalue weighted by Crippen LogP contribution is 2.35. The van der Waals surface area contributed by atoms with Crippen LogP contribution in [0.5, 0.6) is 0 Å². The molecule has 0 spiro atoms. The maximum absolute atomic E-state index is 9.62. The minimum absolute atomic E-state index is 0.300. The van der Waals surface area contributed by atoms with Crippen LogP contribution in [-0.4, -0.2) is 11.7 Å². The Morgan fingerprint density at radius 2 is 2.00 bits per heavy atom. The quantitative estimate of drug-likeness (QED) is 0.821. The van der Waals surface area contributed by atoms with Crippen molar-refractivity contribution in [2.24, 2.45) is 5.92 Å². The summed E-state index contributed by atoms with van der Waals surface area (Å²) < 4.78 is 0. The van der Waals surface area contributed by atoms with Gasteiger partial charge >= 0.3 is 0 Å². The molecule has 1 saturated carbocycles. The summed E-state index contributed by atoms with van der Waals surface area (Å²) in [6.07, 6.45) is 6.64. The molecule has 1 N–H and O–H groups in total.